The predicted molar refractivity (Wildman–Crippen MR) is 88.0 cm³/mol. The number of amides is 1. The smallest absolute Gasteiger partial charge is 0.238 e. The highest BCUT2D eigenvalue weighted by Crippen LogP contribution is 2.24. The monoisotopic (exact) mass is 350 g/mol. The molecule has 0 unspecified atom stereocenters. The summed E-state index contributed by atoms with van der Waals surface area (Å²) in [7, 11) is -3.70. The van der Waals surface area contributed by atoms with Gasteiger partial charge in [-0.15, -0.1) is 0 Å². The molecular formula is C16H18N2O5S. The van der Waals surface area contributed by atoms with Gasteiger partial charge in [0.2, 0.25) is 15.9 Å². The van der Waals surface area contributed by atoms with E-state index in [1.54, 1.807) is 18.2 Å². The number of nitrogens with one attached hydrogen (secondary N) is 1. The Labute approximate surface area is 139 Å². The first-order chi connectivity index (χ1) is 11.3. The van der Waals surface area contributed by atoms with Crippen molar-refractivity contribution in [3.8, 4) is 11.5 Å². The van der Waals surface area contributed by atoms with Crippen LogP contribution in [0, 0.1) is 0 Å². The molecule has 0 radical (unpaired) electrons. The summed E-state index contributed by atoms with van der Waals surface area (Å²) in [6.07, 6.45) is 0.621. The van der Waals surface area contributed by atoms with Crippen molar-refractivity contribution in [2.24, 2.45) is 5.14 Å². The van der Waals surface area contributed by atoms with E-state index in [4.69, 9.17) is 5.14 Å². The van der Waals surface area contributed by atoms with E-state index >= 15 is 0 Å². The normalized spacial score (nSPS) is 11.2. The predicted octanol–water partition coefficient (Wildman–Crippen LogP) is 0.647. The van der Waals surface area contributed by atoms with Crippen LogP contribution in [0.5, 0.6) is 11.5 Å². The molecule has 0 aliphatic rings. The third-order valence-electron chi connectivity index (χ3n) is 3.39. The lowest BCUT2D eigenvalue weighted by Gasteiger charge is -2.07. The lowest BCUT2D eigenvalue weighted by atomic mass is 10.1. The van der Waals surface area contributed by atoms with Gasteiger partial charge in [0.1, 0.15) is 0 Å². The Bertz CT molecular complexity index is 832. The fourth-order valence-corrected chi connectivity index (χ4v) is 2.63. The third-order valence-corrected chi connectivity index (χ3v) is 4.32. The summed E-state index contributed by atoms with van der Waals surface area (Å²) in [5.74, 6) is -0.724. The summed E-state index contributed by atoms with van der Waals surface area (Å²) >= 11 is 0. The molecule has 0 aliphatic carbocycles. The number of sulfonamides is 1. The molecule has 0 aliphatic heterocycles. The highest BCUT2D eigenvalue weighted by molar-refractivity contribution is 7.89. The second kappa shape index (κ2) is 7.33. The highest BCUT2D eigenvalue weighted by Gasteiger charge is 2.08. The van der Waals surface area contributed by atoms with Crippen LogP contribution in [-0.4, -0.2) is 31.1 Å². The Morgan fingerprint density at radius 2 is 1.62 bits per heavy atom. The van der Waals surface area contributed by atoms with E-state index in [1.807, 2.05) is 0 Å². The summed E-state index contributed by atoms with van der Waals surface area (Å²) in [6.45, 7) is 0.387. The maximum atomic E-state index is 11.8. The number of rotatable bonds is 6. The van der Waals surface area contributed by atoms with Crippen LogP contribution in [0.25, 0.3) is 0 Å². The number of phenolic OH excluding ortho intramolecular Hbond substituents is 2. The first kappa shape index (κ1) is 17.8. The molecule has 8 heteroatoms. The molecule has 0 atom stereocenters. The Morgan fingerprint density at radius 1 is 1.00 bits per heavy atom. The molecule has 0 fully saturated rings. The minimum Gasteiger partial charge on any atom is -0.504 e. The van der Waals surface area contributed by atoms with Crippen molar-refractivity contribution in [1.82, 2.24) is 5.32 Å². The lowest BCUT2D eigenvalue weighted by molar-refractivity contribution is -0.120. The second-order valence-corrected chi connectivity index (χ2v) is 6.85. The zero-order chi connectivity index (χ0) is 17.7. The Kier molecular flexibility index (Phi) is 5.42. The van der Waals surface area contributed by atoms with Crippen molar-refractivity contribution in [2.75, 3.05) is 6.54 Å². The molecule has 0 bridgehead atoms. The second-order valence-electron chi connectivity index (χ2n) is 5.29. The van der Waals surface area contributed by atoms with Gasteiger partial charge in [-0.3, -0.25) is 4.79 Å². The van der Waals surface area contributed by atoms with Gasteiger partial charge in [-0.2, -0.15) is 0 Å². The van der Waals surface area contributed by atoms with Crippen LogP contribution in [0.4, 0.5) is 0 Å². The molecule has 5 N–H and O–H groups in total. The van der Waals surface area contributed by atoms with E-state index in [2.05, 4.69) is 5.32 Å². The lowest BCUT2D eigenvalue weighted by Crippen LogP contribution is -2.27. The number of hydrogen-bond donors (Lipinski definition) is 4. The highest BCUT2D eigenvalue weighted by atomic mass is 32.2. The quantitative estimate of drug-likeness (QED) is 0.568. The van der Waals surface area contributed by atoms with Crippen molar-refractivity contribution in [2.45, 2.75) is 17.7 Å². The van der Waals surface area contributed by atoms with E-state index in [-0.39, 0.29) is 28.7 Å². The zero-order valence-corrected chi connectivity index (χ0v) is 13.6. The molecule has 0 saturated carbocycles. The average molecular weight is 350 g/mol. The largest absolute Gasteiger partial charge is 0.504 e. The average Bonchev–Trinajstić information content (AvgIpc) is 2.50. The number of primary sulfonamides is 1. The summed E-state index contributed by atoms with van der Waals surface area (Å²) in [5.41, 5.74) is 1.45. The van der Waals surface area contributed by atoms with Crippen LogP contribution < -0.4 is 10.5 Å². The Balaban J connectivity index is 1.83. The fourth-order valence-electron chi connectivity index (χ4n) is 2.12. The summed E-state index contributed by atoms with van der Waals surface area (Å²) < 4.78 is 22.3. The van der Waals surface area contributed by atoms with Crippen LogP contribution in [0.1, 0.15) is 11.1 Å². The van der Waals surface area contributed by atoms with E-state index in [0.717, 1.165) is 5.56 Å². The number of nitrogens with two attached hydrogens (primary N) is 1. The maximum absolute atomic E-state index is 11.8. The molecular weight excluding hydrogens is 332 g/mol. The van der Waals surface area contributed by atoms with Gasteiger partial charge in [-0.1, -0.05) is 18.2 Å². The van der Waals surface area contributed by atoms with Gasteiger partial charge >= 0.3 is 0 Å². The van der Waals surface area contributed by atoms with Gasteiger partial charge in [0, 0.05) is 6.54 Å². The standard InChI is InChI=1S/C16H18N2O5S/c17-24(22,23)13-4-1-11(2-5-13)7-8-18-16(21)10-12-3-6-14(19)15(20)9-12/h1-6,9,19-20H,7-8,10H2,(H,18,21)(H2,17,22,23). The summed E-state index contributed by atoms with van der Waals surface area (Å²) in [4.78, 5) is 11.9. The van der Waals surface area contributed by atoms with Crippen molar-refractivity contribution in [3.63, 3.8) is 0 Å². The molecule has 2 aromatic carbocycles. The minimum atomic E-state index is -3.70. The zero-order valence-electron chi connectivity index (χ0n) is 12.8. The molecule has 128 valence electrons. The van der Waals surface area contributed by atoms with Crippen LogP contribution in [0.15, 0.2) is 47.4 Å². The minimum absolute atomic E-state index is 0.0439. The van der Waals surface area contributed by atoms with Crippen LogP contribution in [-0.2, 0) is 27.7 Å². The van der Waals surface area contributed by atoms with Crippen molar-refractivity contribution >= 4 is 15.9 Å². The molecule has 1 amide bonds. The van der Waals surface area contributed by atoms with Gasteiger partial charge < -0.3 is 15.5 Å². The summed E-state index contributed by atoms with van der Waals surface area (Å²) in [5, 5.41) is 26.4. The number of carbonyl (C=O) groups is 1. The van der Waals surface area contributed by atoms with Crippen molar-refractivity contribution in [3.05, 3.63) is 53.6 Å². The van der Waals surface area contributed by atoms with Gasteiger partial charge in [0.15, 0.2) is 11.5 Å². The van der Waals surface area contributed by atoms with Gasteiger partial charge in [0.25, 0.3) is 0 Å². The number of phenols is 2. The number of carbonyl (C=O) groups excluding carboxylic acids is 1. The molecule has 7 nitrogen and oxygen atoms in total. The third kappa shape index (κ3) is 4.97. The SMILES string of the molecule is NS(=O)(=O)c1ccc(CCNC(=O)Cc2ccc(O)c(O)c2)cc1. The van der Waals surface area contributed by atoms with E-state index < -0.39 is 10.0 Å². The van der Waals surface area contributed by atoms with Gasteiger partial charge in [-0.05, 0) is 41.8 Å². The molecule has 0 aromatic heterocycles. The summed E-state index contributed by atoms with van der Waals surface area (Å²) in [6, 6.07) is 10.3. The molecule has 2 aromatic rings. The van der Waals surface area contributed by atoms with Crippen molar-refractivity contribution in [1.29, 1.82) is 0 Å². The van der Waals surface area contributed by atoms with E-state index in [0.29, 0.717) is 18.5 Å². The van der Waals surface area contributed by atoms with Gasteiger partial charge in [0.05, 0.1) is 11.3 Å². The first-order valence-electron chi connectivity index (χ1n) is 7.15. The molecule has 2 rings (SSSR count). The Hall–Kier alpha value is -2.58. The fraction of sp³-hybridized carbons (Fsp3) is 0.188. The number of benzene rings is 2. The van der Waals surface area contributed by atoms with E-state index in [1.165, 1.54) is 24.3 Å². The maximum Gasteiger partial charge on any atom is 0.238 e. The van der Waals surface area contributed by atoms with Crippen LogP contribution >= 0.6 is 0 Å². The van der Waals surface area contributed by atoms with E-state index in [9.17, 15) is 23.4 Å². The van der Waals surface area contributed by atoms with Gasteiger partial charge in [-0.25, -0.2) is 13.6 Å². The first-order valence-corrected chi connectivity index (χ1v) is 8.69. The number of hydrogen-bond acceptors (Lipinski definition) is 5. The molecule has 0 saturated heterocycles. The molecule has 0 heterocycles. The Morgan fingerprint density at radius 3 is 2.21 bits per heavy atom. The molecule has 0 spiro atoms. The molecule has 24 heavy (non-hydrogen) atoms. The van der Waals surface area contributed by atoms with Crippen molar-refractivity contribution < 1.29 is 23.4 Å². The van der Waals surface area contributed by atoms with Crippen LogP contribution in [0.2, 0.25) is 0 Å². The number of aromatic hydroxyl groups is 2. The topological polar surface area (TPSA) is 130 Å². The van der Waals surface area contributed by atoms with Crippen LogP contribution in [0.3, 0.4) is 0 Å².